The highest BCUT2D eigenvalue weighted by Gasteiger charge is 2.05. The Hall–Kier alpha value is -2.21. The molecule has 5 nitrogen and oxygen atoms in total. The molecule has 0 saturated heterocycles. The summed E-state index contributed by atoms with van der Waals surface area (Å²) in [4.78, 5) is 4.16. The van der Waals surface area contributed by atoms with Gasteiger partial charge in [0.25, 0.3) is 0 Å². The molecule has 0 fully saturated rings. The van der Waals surface area contributed by atoms with Crippen molar-refractivity contribution >= 4 is 21.6 Å². The number of hydrogen-bond acceptors (Lipinski definition) is 4. The van der Waals surface area contributed by atoms with Crippen molar-refractivity contribution in [2.24, 2.45) is 7.05 Å². The summed E-state index contributed by atoms with van der Waals surface area (Å²) in [5.41, 5.74) is 3.19. The number of aromatic nitrogens is 4. The molecule has 0 amide bonds. The van der Waals surface area contributed by atoms with Crippen molar-refractivity contribution in [3.63, 3.8) is 0 Å². The van der Waals surface area contributed by atoms with Crippen molar-refractivity contribution in [3.05, 3.63) is 59.1 Å². The molecule has 0 spiro atoms. The van der Waals surface area contributed by atoms with Crippen LogP contribution < -0.4 is 5.32 Å². The molecule has 0 saturated carbocycles. The molecule has 2 heterocycles. The predicted molar refractivity (Wildman–Crippen MR) is 85.7 cm³/mol. The van der Waals surface area contributed by atoms with E-state index >= 15 is 0 Å². The summed E-state index contributed by atoms with van der Waals surface area (Å²) in [6.07, 6.45) is 5.32. The molecule has 3 aromatic rings. The van der Waals surface area contributed by atoms with Crippen molar-refractivity contribution in [3.8, 4) is 11.4 Å². The lowest BCUT2D eigenvalue weighted by molar-refractivity contribution is 0.920. The largest absolute Gasteiger partial charge is 0.381 e. The number of nitrogens with zero attached hydrogens (tertiary/aromatic N) is 4. The molecule has 106 valence electrons. The van der Waals surface area contributed by atoms with E-state index in [2.05, 4.69) is 42.5 Å². The van der Waals surface area contributed by atoms with Gasteiger partial charge in [-0.05, 0) is 39.7 Å². The zero-order valence-corrected chi connectivity index (χ0v) is 13.1. The first-order valence-corrected chi connectivity index (χ1v) is 7.29. The lowest BCUT2D eigenvalue weighted by Crippen LogP contribution is -2.00. The Morgan fingerprint density at radius 1 is 1.24 bits per heavy atom. The molecule has 21 heavy (non-hydrogen) atoms. The van der Waals surface area contributed by atoms with Gasteiger partial charge in [0.2, 0.25) is 0 Å². The first-order valence-electron chi connectivity index (χ1n) is 6.50. The van der Waals surface area contributed by atoms with E-state index in [0.717, 1.165) is 27.1 Å². The Morgan fingerprint density at radius 3 is 2.90 bits per heavy atom. The van der Waals surface area contributed by atoms with Crippen LogP contribution in [-0.4, -0.2) is 19.7 Å². The van der Waals surface area contributed by atoms with E-state index in [0.29, 0.717) is 6.54 Å². The van der Waals surface area contributed by atoms with Crippen molar-refractivity contribution in [2.45, 2.75) is 6.54 Å². The van der Waals surface area contributed by atoms with Gasteiger partial charge < -0.3 is 9.88 Å². The van der Waals surface area contributed by atoms with Crippen molar-refractivity contribution in [2.75, 3.05) is 5.32 Å². The van der Waals surface area contributed by atoms with Gasteiger partial charge in [-0.1, -0.05) is 12.1 Å². The molecule has 0 unspecified atom stereocenters. The van der Waals surface area contributed by atoms with E-state index in [1.54, 1.807) is 12.5 Å². The van der Waals surface area contributed by atoms with Crippen LogP contribution in [0, 0.1) is 0 Å². The average Bonchev–Trinajstić information content (AvgIpc) is 2.92. The normalized spacial score (nSPS) is 10.6. The quantitative estimate of drug-likeness (QED) is 0.789. The van der Waals surface area contributed by atoms with Gasteiger partial charge in [-0.15, -0.1) is 10.2 Å². The van der Waals surface area contributed by atoms with Crippen LogP contribution in [0.25, 0.3) is 11.4 Å². The number of hydrogen-bond donors (Lipinski definition) is 1. The van der Waals surface area contributed by atoms with Gasteiger partial charge in [-0.2, -0.15) is 0 Å². The summed E-state index contributed by atoms with van der Waals surface area (Å²) in [5, 5.41) is 11.4. The SMILES string of the molecule is Cn1cnnc1-c1cccc(NCc2cncc(Br)c2)c1. The average molecular weight is 344 g/mol. The molecule has 0 bridgehead atoms. The van der Waals surface area contributed by atoms with Crippen LogP contribution in [0.2, 0.25) is 0 Å². The molecule has 0 atom stereocenters. The van der Waals surface area contributed by atoms with E-state index in [1.165, 1.54) is 0 Å². The third-order valence-corrected chi connectivity index (χ3v) is 3.52. The predicted octanol–water partition coefficient (Wildman–Crippen LogP) is 3.25. The van der Waals surface area contributed by atoms with Gasteiger partial charge in [-0.3, -0.25) is 4.98 Å². The first-order chi connectivity index (χ1) is 10.2. The van der Waals surface area contributed by atoms with Crippen LogP contribution in [0.3, 0.4) is 0 Å². The second-order valence-corrected chi connectivity index (χ2v) is 5.63. The first kappa shape index (κ1) is 13.8. The van der Waals surface area contributed by atoms with Crippen LogP contribution in [0.1, 0.15) is 5.56 Å². The summed E-state index contributed by atoms with van der Waals surface area (Å²) in [5.74, 6) is 0.850. The third kappa shape index (κ3) is 3.28. The maximum atomic E-state index is 4.16. The molecule has 6 heteroatoms. The second kappa shape index (κ2) is 6.05. The van der Waals surface area contributed by atoms with Crippen molar-refractivity contribution < 1.29 is 0 Å². The fourth-order valence-corrected chi connectivity index (χ4v) is 2.48. The molecule has 0 aliphatic heterocycles. The molecule has 3 rings (SSSR count). The molecule has 0 aliphatic carbocycles. The van der Waals surface area contributed by atoms with Crippen LogP contribution >= 0.6 is 15.9 Å². The number of benzene rings is 1. The molecule has 0 aliphatic rings. The minimum atomic E-state index is 0.717. The topological polar surface area (TPSA) is 55.6 Å². The number of rotatable bonds is 4. The van der Waals surface area contributed by atoms with Gasteiger partial charge in [0.05, 0.1) is 0 Å². The summed E-state index contributed by atoms with van der Waals surface area (Å²) >= 11 is 3.43. The van der Waals surface area contributed by atoms with Gasteiger partial charge in [0.1, 0.15) is 6.33 Å². The smallest absolute Gasteiger partial charge is 0.163 e. The fraction of sp³-hybridized carbons (Fsp3) is 0.133. The van der Waals surface area contributed by atoms with Crippen LogP contribution in [0.5, 0.6) is 0 Å². The van der Waals surface area contributed by atoms with E-state index < -0.39 is 0 Å². The molecular formula is C15H14BrN5. The number of nitrogens with one attached hydrogen (secondary N) is 1. The maximum absolute atomic E-state index is 4.16. The number of anilines is 1. The van der Waals surface area contributed by atoms with Crippen molar-refractivity contribution in [1.82, 2.24) is 19.7 Å². The molecule has 2 aromatic heterocycles. The zero-order chi connectivity index (χ0) is 14.7. The number of pyridine rings is 1. The summed E-state index contributed by atoms with van der Waals surface area (Å²) in [6.45, 7) is 0.717. The number of aryl methyl sites for hydroxylation is 1. The minimum Gasteiger partial charge on any atom is -0.381 e. The molecular weight excluding hydrogens is 330 g/mol. The molecule has 1 N–H and O–H groups in total. The van der Waals surface area contributed by atoms with Crippen LogP contribution in [0.4, 0.5) is 5.69 Å². The zero-order valence-electron chi connectivity index (χ0n) is 11.5. The Kier molecular flexibility index (Phi) is 3.96. The second-order valence-electron chi connectivity index (χ2n) is 4.71. The highest BCUT2D eigenvalue weighted by Crippen LogP contribution is 2.20. The van der Waals surface area contributed by atoms with E-state index in [4.69, 9.17) is 0 Å². The minimum absolute atomic E-state index is 0.717. The van der Waals surface area contributed by atoms with E-state index in [-0.39, 0.29) is 0 Å². The fourth-order valence-electron chi connectivity index (χ4n) is 2.07. The maximum Gasteiger partial charge on any atom is 0.163 e. The van der Waals surface area contributed by atoms with Gasteiger partial charge in [-0.25, -0.2) is 0 Å². The van der Waals surface area contributed by atoms with Gasteiger partial charge >= 0.3 is 0 Å². The van der Waals surface area contributed by atoms with Gasteiger partial charge in [0.15, 0.2) is 5.82 Å². The molecule has 0 radical (unpaired) electrons. The Balaban J connectivity index is 1.76. The lowest BCUT2D eigenvalue weighted by Gasteiger charge is -2.08. The third-order valence-electron chi connectivity index (χ3n) is 3.09. The highest BCUT2D eigenvalue weighted by molar-refractivity contribution is 9.10. The Morgan fingerprint density at radius 2 is 2.14 bits per heavy atom. The van der Waals surface area contributed by atoms with E-state index in [9.17, 15) is 0 Å². The van der Waals surface area contributed by atoms with Crippen LogP contribution in [-0.2, 0) is 13.6 Å². The Labute approximate surface area is 131 Å². The van der Waals surface area contributed by atoms with Gasteiger partial charge in [0, 0.05) is 41.7 Å². The van der Waals surface area contributed by atoms with E-state index in [1.807, 2.05) is 42.1 Å². The summed E-state index contributed by atoms with van der Waals surface area (Å²) in [7, 11) is 1.93. The summed E-state index contributed by atoms with van der Waals surface area (Å²) in [6, 6.07) is 10.2. The number of halogens is 1. The summed E-state index contributed by atoms with van der Waals surface area (Å²) < 4.78 is 2.88. The van der Waals surface area contributed by atoms with Crippen molar-refractivity contribution in [1.29, 1.82) is 0 Å². The lowest BCUT2D eigenvalue weighted by atomic mass is 10.2. The monoisotopic (exact) mass is 343 g/mol. The Bertz CT molecular complexity index is 753. The standard InChI is InChI=1S/C15H14BrN5/c1-21-10-19-20-15(21)12-3-2-4-14(6-12)18-8-11-5-13(16)9-17-7-11/h2-7,9-10,18H,8H2,1H3. The van der Waals surface area contributed by atoms with Crippen LogP contribution in [0.15, 0.2) is 53.5 Å². The highest BCUT2D eigenvalue weighted by atomic mass is 79.9. The molecule has 1 aromatic carbocycles.